The van der Waals surface area contributed by atoms with E-state index in [9.17, 15) is 4.79 Å². The second-order valence-electron chi connectivity index (χ2n) is 3.04. The van der Waals surface area contributed by atoms with Crippen molar-refractivity contribution in [1.82, 2.24) is 4.98 Å². The van der Waals surface area contributed by atoms with Gasteiger partial charge in [0.1, 0.15) is 10.4 Å². The van der Waals surface area contributed by atoms with Gasteiger partial charge in [-0.05, 0) is 28.8 Å². The zero-order valence-corrected chi connectivity index (χ0v) is 9.44. The SMILES string of the molecule is COC(=O)C1(c2ncc(Br)s2)CC1. The Bertz CT molecular complexity index is 346. The summed E-state index contributed by atoms with van der Waals surface area (Å²) in [6, 6.07) is 0. The van der Waals surface area contributed by atoms with Crippen molar-refractivity contribution in [2.45, 2.75) is 18.3 Å². The van der Waals surface area contributed by atoms with Crippen LogP contribution in [-0.4, -0.2) is 18.1 Å². The zero-order chi connectivity index (χ0) is 9.47. The number of aromatic nitrogens is 1. The van der Waals surface area contributed by atoms with Crippen LogP contribution in [0.2, 0.25) is 0 Å². The first-order valence-electron chi connectivity index (χ1n) is 3.89. The van der Waals surface area contributed by atoms with Gasteiger partial charge in [-0.15, -0.1) is 11.3 Å². The van der Waals surface area contributed by atoms with Crippen LogP contribution in [0.1, 0.15) is 17.8 Å². The van der Waals surface area contributed by atoms with Gasteiger partial charge >= 0.3 is 5.97 Å². The molecule has 3 nitrogen and oxygen atoms in total. The van der Waals surface area contributed by atoms with Crippen LogP contribution in [0.15, 0.2) is 9.98 Å². The Kier molecular flexibility index (Phi) is 2.15. The average molecular weight is 262 g/mol. The fourth-order valence-electron chi connectivity index (χ4n) is 1.30. The molecule has 0 radical (unpaired) electrons. The first-order valence-corrected chi connectivity index (χ1v) is 5.50. The third kappa shape index (κ3) is 1.40. The predicted molar refractivity (Wildman–Crippen MR) is 52.7 cm³/mol. The number of rotatable bonds is 2. The molecule has 1 fully saturated rings. The van der Waals surface area contributed by atoms with Crippen LogP contribution in [0.3, 0.4) is 0 Å². The van der Waals surface area contributed by atoms with E-state index in [0.717, 1.165) is 21.6 Å². The van der Waals surface area contributed by atoms with Crippen LogP contribution in [-0.2, 0) is 14.9 Å². The molecular weight excluding hydrogens is 254 g/mol. The number of halogens is 1. The van der Waals surface area contributed by atoms with E-state index in [1.807, 2.05) is 0 Å². The number of esters is 1. The molecule has 0 N–H and O–H groups in total. The van der Waals surface area contributed by atoms with E-state index in [-0.39, 0.29) is 5.97 Å². The molecule has 0 aromatic carbocycles. The topological polar surface area (TPSA) is 39.2 Å². The van der Waals surface area contributed by atoms with Crippen molar-refractivity contribution in [1.29, 1.82) is 0 Å². The summed E-state index contributed by atoms with van der Waals surface area (Å²) in [5.41, 5.74) is -0.411. The lowest BCUT2D eigenvalue weighted by molar-refractivity contribution is -0.143. The molecule has 1 aromatic heterocycles. The van der Waals surface area contributed by atoms with Gasteiger partial charge in [0.2, 0.25) is 0 Å². The number of methoxy groups -OCH3 is 1. The monoisotopic (exact) mass is 261 g/mol. The van der Waals surface area contributed by atoms with Gasteiger partial charge in [-0.25, -0.2) is 4.98 Å². The highest BCUT2D eigenvalue weighted by Crippen LogP contribution is 2.50. The number of hydrogen-bond donors (Lipinski definition) is 0. The summed E-state index contributed by atoms with van der Waals surface area (Å²) in [6.07, 6.45) is 3.45. The van der Waals surface area contributed by atoms with Crippen LogP contribution in [0.4, 0.5) is 0 Å². The summed E-state index contributed by atoms with van der Waals surface area (Å²) < 4.78 is 5.71. The molecule has 0 amide bonds. The standard InChI is InChI=1S/C8H8BrNO2S/c1-12-7(11)8(2-3-8)6-10-4-5(9)13-6/h4H,2-3H2,1H3. The molecule has 1 aliphatic rings. The van der Waals surface area contributed by atoms with E-state index >= 15 is 0 Å². The van der Waals surface area contributed by atoms with Crippen LogP contribution in [0.5, 0.6) is 0 Å². The smallest absolute Gasteiger partial charge is 0.318 e. The minimum Gasteiger partial charge on any atom is -0.468 e. The highest BCUT2D eigenvalue weighted by Gasteiger charge is 2.54. The molecule has 0 spiro atoms. The average Bonchev–Trinajstić information content (AvgIpc) is 2.83. The molecule has 0 bridgehead atoms. The molecule has 5 heteroatoms. The van der Waals surface area contributed by atoms with Gasteiger partial charge in [0.25, 0.3) is 0 Å². The van der Waals surface area contributed by atoms with Crippen molar-refractivity contribution in [3.05, 3.63) is 15.0 Å². The summed E-state index contributed by atoms with van der Waals surface area (Å²) in [4.78, 5) is 15.6. The lowest BCUT2D eigenvalue weighted by atomic mass is 10.1. The van der Waals surface area contributed by atoms with E-state index < -0.39 is 5.41 Å². The van der Waals surface area contributed by atoms with Gasteiger partial charge in [0, 0.05) is 0 Å². The van der Waals surface area contributed by atoms with Gasteiger partial charge in [-0.2, -0.15) is 0 Å². The van der Waals surface area contributed by atoms with Gasteiger partial charge in [0.15, 0.2) is 0 Å². The Hall–Kier alpha value is -0.420. The van der Waals surface area contributed by atoms with Gasteiger partial charge < -0.3 is 4.74 Å². The van der Waals surface area contributed by atoms with Crippen LogP contribution >= 0.6 is 27.3 Å². The van der Waals surface area contributed by atoms with Crippen molar-refractivity contribution in [3.63, 3.8) is 0 Å². The minimum absolute atomic E-state index is 0.158. The van der Waals surface area contributed by atoms with Crippen molar-refractivity contribution in [2.24, 2.45) is 0 Å². The highest BCUT2D eigenvalue weighted by atomic mass is 79.9. The number of ether oxygens (including phenoxy) is 1. The fourth-order valence-corrected chi connectivity index (χ4v) is 2.74. The summed E-state index contributed by atoms with van der Waals surface area (Å²) >= 11 is 4.83. The number of thiazole rings is 1. The molecule has 0 unspecified atom stereocenters. The maximum absolute atomic E-state index is 11.4. The van der Waals surface area contributed by atoms with Crippen molar-refractivity contribution in [2.75, 3.05) is 7.11 Å². The minimum atomic E-state index is -0.411. The number of carbonyl (C=O) groups is 1. The molecule has 0 saturated heterocycles. The second kappa shape index (κ2) is 3.06. The molecule has 2 rings (SSSR count). The van der Waals surface area contributed by atoms with Crippen molar-refractivity contribution >= 4 is 33.2 Å². The summed E-state index contributed by atoms with van der Waals surface area (Å²) in [5.74, 6) is -0.158. The summed E-state index contributed by atoms with van der Waals surface area (Å²) in [5, 5.41) is 0.867. The number of carbonyl (C=O) groups excluding carboxylic acids is 1. The van der Waals surface area contributed by atoms with E-state index in [1.54, 1.807) is 6.20 Å². The molecule has 13 heavy (non-hydrogen) atoms. The Morgan fingerprint density at radius 3 is 2.85 bits per heavy atom. The normalized spacial score (nSPS) is 18.3. The van der Waals surface area contributed by atoms with Crippen molar-refractivity contribution < 1.29 is 9.53 Å². The first-order chi connectivity index (χ1) is 6.19. The van der Waals surface area contributed by atoms with Crippen LogP contribution in [0, 0.1) is 0 Å². The largest absolute Gasteiger partial charge is 0.468 e. The fraction of sp³-hybridized carbons (Fsp3) is 0.500. The van der Waals surface area contributed by atoms with Crippen LogP contribution in [0.25, 0.3) is 0 Å². The molecule has 1 aliphatic carbocycles. The lowest BCUT2D eigenvalue weighted by Crippen LogP contribution is -2.21. The molecule has 0 aliphatic heterocycles. The first kappa shape index (κ1) is 9.15. The van der Waals surface area contributed by atoms with E-state index in [2.05, 4.69) is 20.9 Å². The number of hydrogen-bond acceptors (Lipinski definition) is 4. The van der Waals surface area contributed by atoms with E-state index in [1.165, 1.54) is 18.4 Å². The Balaban J connectivity index is 2.30. The van der Waals surface area contributed by atoms with Crippen LogP contribution < -0.4 is 0 Å². The van der Waals surface area contributed by atoms with Gasteiger partial charge in [-0.3, -0.25) is 4.79 Å². The summed E-state index contributed by atoms with van der Waals surface area (Å²) in [6.45, 7) is 0. The van der Waals surface area contributed by atoms with E-state index in [4.69, 9.17) is 4.74 Å². The third-order valence-electron chi connectivity index (χ3n) is 2.21. The molecule has 1 saturated carbocycles. The molecular formula is C8H8BrNO2S. The number of nitrogens with zero attached hydrogens (tertiary/aromatic N) is 1. The maximum Gasteiger partial charge on any atom is 0.318 e. The second-order valence-corrected chi connectivity index (χ2v) is 5.45. The Morgan fingerprint density at radius 1 is 1.77 bits per heavy atom. The molecule has 1 heterocycles. The maximum atomic E-state index is 11.4. The molecule has 0 atom stereocenters. The van der Waals surface area contributed by atoms with Crippen molar-refractivity contribution in [3.8, 4) is 0 Å². The predicted octanol–water partition coefficient (Wildman–Crippen LogP) is 2.11. The van der Waals surface area contributed by atoms with E-state index in [0.29, 0.717) is 0 Å². The highest BCUT2D eigenvalue weighted by molar-refractivity contribution is 9.11. The lowest BCUT2D eigenvalue weighted by Gasteiger charge is -2.07. The Morgan fingerprint density at radius 2 is 2.46 bits per heavy atom. The van der Waals surface area contributed by atoms with Gasteiger partial charge in [-0.1, -0.05) is 0 Å². The van der Waals surface area contributed by atoms with Gasteiger partial charge in [0.05, 0.1) is 17.1 Å². The molecule has 70 valence electrons. The molecule has 1 aromatic rings. The summed E-state index contributed by atoms with van der Waals surface area (Å²) in [7, 11) is 1.42. The third-order valence-corrected chi connectivity index (χ3v) is 3.89. The Labute approximate surface area is 88.3 Å². The zero-order valence-electron chi connectivity index (χ0n) is 7.04. The quantitative estimate of drug-likeness (QED) is 0.766.